The van der Waals surface area contributed by atoms with Crippen LogP contribution in [0.1, 0.15) is 66.1 Å². The van der Waals surface area contributed by atoms with Crippen molar-refractivity contribution in [1.29, 1.82) is 0 Å². The van der Waals surface area contributed by atoms with Gasteiger partial charge in [0.25, 0.3) is 5.91 Å². The first-order chi connectivity index (χ1) is 14.5. The van der Waals surface area contributed by atoms with Crippen LogP contribution in [-0.2, 0) is 17.3 Å². The van der Waals surface area contributed by atoms with Crippen LogP contribution in [0.25, 0.3) is 0 Å². The smallest absolute Gasteiger partial charge is 0.254 e. The second-order valence-electron chi connectivity index (χ2n) is 8.73. The number of carbonyl (C=O) groups is 2. The number of hydrogen-bond acceptors (Lipinski definition) is 3. The molecule has 2 aromatic rings. The van der Waals surface area contributed by atoms with Gasteiger partial charge in [-0.1, -0.05) is 49.8 Å². The fourth-order valence-electron chi connectivity index (χ4n) is 5.03. The predicted molar refractivity (Wildman–Crippen MR) is 116 cm³/mol. The van der Waals surface area contributed by atoms with Crippen LogP contribution in [0.15, 0.2) is 49.2 Å². The molecule has 1 aromatic heterocycles. The summed E-state index contributed by atoms with van der Waals surface area (Å²) in [5.74, 6) is 0.187. The van der Waals surface area contributed by atoms with Crippen molar-refractivity contribution in [3.63, 3.8) is 0 Å². The van der Waals surface area contributed by atoms with Crippen LogP contribution in [0.2, 0.25) is 0 Å². The maximum Gasteiger partial charge on any atom is 0.254 e. The van der Waals surface area contributed by atoms with Gasteiger partial charge in [0.05, 0.1) is 11.3 Å². The van der Waals surface area contributed by atoms with Crippen molar-refractivity contribution in [2.24, 2.45) is 7.05 Å². The molecule has 2 amide bonds. The Balaban J connectivity index is 1.45. The second-order valence-corrected chi connectivity index (χ2v) is 8.73. The van der Waals surface area contributed by atoms with Gasteiger partial charge >= 0.3 is 0 Å². The third kappa shape index (κ3) is 4.04. The van der Waals surface area contributed by atoms with Gasteiger partial charge < -0.3 is 10.6 Å². The monoisotopic (exact) mass is 406 g/mol. The molecule has 0 aliphatic heterocycles. The Kier molecular flexibility index (Phi) is 5.75. The number of hydrogen-bond donors (Lipinski definition) is 2. The molecule has 2 fully saturated rings. The summed E-state index contributed by atoms with van der Waals surface area (Å²) in [5.41, 5.74) is 2.68. The van der Waals surface area contributed by atoms with Crippen molar-refractivity contribution in [2.45, 2.75) is 55.9 Å². The first kappa shape index (κ1) is 20.4. The topological polar surface area (TPSA) is 76.0 Å². The molecule has 0 saturated heterocycles. The first-order valence-corrected chi connectivity index (χ1v) is 10.8. The Hall–Kier alpha value is -2.89. The van der Waals surface area contributed by atoms with E-state index in [0.29, 0.717) is 18.0 Å². The van der Waals surface area contributed by atoms with Gasteiger partial charge in [-0.15, -0.1) is 0 Å². The molecular formula is C24H30N4O2. The Bertz CT molecular complexity index is 922. The van der Waals surface area contributed by atoms with Crippen LogP contribution in [0.5, 0.6) is 0 Å². The quantitative estimate of drug-likeness (QED) is 0.693. The third-order valence-corrected chi connectivity index (χ3v) is 6.63. The molecule has 158 valence electrons. The minimum atomic E-state index is -0.172. The van der Waals surface area contributed by atoms with Gasteiger partial charge in [0.1, 0.15) is 0 Å². The van der Waals surface area contributed by atoms with Gasteiger partial charge in [-0.05, 0) is 37.3 Å². The average molecular weight is 407 g/mol. The van der Waals surface area contributed by atoms with E-state index in [2.05, 4.69) is 34.4 Å². The summed E-state index contributed by atoms with van der Waals surface area (Å²) in [6.45, 7) is 4.07. The molecule has 1 heterocycles. The van der Waals surface area contributed by atoms with E-state index in [1.807, 2.05) is 31.4 Å². The summed E-state index contributed by atoms with van der Waals surface area (Å²) in [4.78, 5) is 24.8. The molecule has 1 aromatic carbocycles. The summed E-state index contributed by atoms with van der Waals surface area (Å²) < 4.78 is 1.75. The normalized spacial score (nSPS) is 23.6. The number of carbonyl (C=O) groups excluding carboxylic acids is 2. The number of nitrogens with zero attached hydrogens (tertiary/aromatic N) is 2. The largest absolute Gasteiger partial charge is 0.352 e. The predicted octanol–water partition coefficient (Wildman–Crippen LogP) is 3.21. The molecule has 2 aliphatic carbocycles. The number of benzene rings is 1. The van der Waals surface area contributed by atoms with Gasteiger partial charge in [0.2, 0.25) is 5.91 Å². The van der Waals surface area contributed by atoms with E-state index >= 15 is 0 Å². The minimum absolute atomic E-state index is 0.0354. The molecule has 0 spiro atoms. The molecule has 0 bridgehead atoms. The summed E-state index contributed by atoms with van der Waals surface area (Å²) in [6, 6.07) is 10.3. The van der Waals surface area contributed by atoms with Crippen molar-refractivity contribution < 1.29 is 9.59 Å². The summed E-state index contributed by atoms with van der Waals surface area (Å²) in [7, 11) is 1.88. The molecule has 0 radical (unpaired) electrons. The highest BCUT2D eigenvalue weighted by atomic mass is 16.2. The lowest BCUT2D eigenvalue weighted by atomic mass is 9.61. The number of aromatic nitrogens is 2. The summed E-state index contributed by atoms with van der Waals surface area (Å²) in [5, 5.41) is 10.8. The average Bonchev–Trinajstić information content (AvgIpc) is 3.39. The molecule has 2 saturated carbocycles. The zero-order chi connectivity index (χ0) is 21.1. The number of aryl methyl sites for hydroxylation is 1. The molecule has 6 nitrogen and oxygen atoms in total. The maximum atomic E-state index is 13.1. The van der Waals surface area contributed by atoms with E-state index in [9.17, 15) is 9.59 Å². The van der Waals surface area contributed by atoms with E-state index in [1.165, 1.54) is 24.5 Å². The SMILES string of the molecule is C=CC(=O)NCC1(c2ccccc2)CC(NC(=O)c2cn(C)nc2C2CCCC2)C1. The third-order valence-electron chi connectivity index (χ3n) is 6.63. The fourth-order valence-corrected chi connectivity index (χ4v) is 5.03. The highest BCUT2D eigenvalue weighted by Gasteiger charge is 2.46. The van der Waals surface area contributed by atoms with Gasteiger partial charge in [-0.2, -0.15) is 5.10 Å². The van der Waals surface area contributed by atoms with E-state index in [0.717, 1.165) is 31.4 Å². The molecule has 2 aliphatic rings. The number of nitrogens with one attached hydrogen (secondary N) is 2. The Labute approximate surface area is 177 Å². The van der Waals surface area contributed by atoms with Gasteiger partial charge in [-0.25, -0.2) is 0 Å². The first-order valence-electron chi connectivity index (χ1n) is 10.8. The highest BCUT2D eigenvalue weighted by molar-refractivity contribution is 5.95. The van der Waals surface area contributed by atoms with E-state index < -0.39 is 0 Å². The van der Waals surface area contributed by atoms with Crippen LogP contribution in [0.3, 0.4) is 0 Å². The van der Waals surface area contributed by atoms with Gasteiger partial charge in [-0.3, -0.25) is 14.3 Å². The van der Waals surface area contributed by atoms with Crippen molar-refractivity contribution in [1.82, 2.24) is 20.4 Å². The molecule has 4 rings (SSSR count). The fraction of sp³-hybridized carbons (Fsp3) is 0.458. The van der Waals surface area contributed by atoms with Crippen LogP contribution in [-0.4, -0.2) is 34.2 Å². The zero-order valence-electron chi connectivity index (χ0n) is 17.6. The van der Waals surface area contributed by atoms with E-state index in [4.69, 9.17) is 0 Å². The molecule has 2 N–H and O–H groups in total. The van der Waals surface area contributed by atoms with E-state index in [1.54, 1.807) is 4.68 Å². The lowest BCUT2D eigenvalue weighted by Gasteiger charge is -2.48. The number of rotatable bonds is 7. The molecule has 6 heteroatoms. The van der Waals surface area contributed by atoms with Crippen molar-refractivity contribution >= 4 is 11.8 Å². The van der Waals surface area contributed by atoms with Crippen LogP contribution in [0, 0.1) is 0 Å². The second kappa shape index (κ2) is 8.46. The van der Waals surface area contributed by atoms with Crippen LogP contribution in [0.4, 0.5) is 0 Å². The van der Waals surface area contributed by atoms with Gasteiger partial charge in [0.15, 0.2) is 0 Å². The van der Waals surface area contributed by atoms with Crippen molar-refractivity contribution in [3.05, 3.63) is 66.0 Å². The lowest BCUT2D eigenvalue weighted by Crippen LogP contribution is -2.57. The summed E-state index contributed by atoms with van der Waals surface area (Å²) in [6.07, 6.45) is 9.36. The van der Waals surface area contributed by atoms with Gasteiger partial charge in [0, 0.05) is 37.2 Å². The molecule has 30 heavy (non-hydrogen) atoms. The van der Waals surface area contributed by atoms with Crippen LogP contribution >= 0.6 is 0 Å². The Morgan fingerprint density at radius 2 is 1.93 bits per heavy atom. The number of amides is 2. The molecule has 0 atom stereocenters. The van der Waals surface area contributed by atoms with Crippen LogP contribution < -0.4 is 10.6 Å². The Morgan fingerprint density at radius 3 is 2.60 bits per heavy atom. The molecular weight excluding hydrogens is 376 g/mol. The van der Waals surface area contributed by atoms with Crippen molar-refractivity contribution in [3.8, 4) is 0 Å². The Morgan fingerprint density at radius 1 is 1.23 bits per heavy atom. The lowest BCUT2D eigenvalue weighted by molar-refractivity contribution is -0.117. The summed E-state index contributed by atoms with van der Waals surface area (Å²) >= 11 is 0. The zero-order valence-corrected chi connectivity index (χ0v) is 17.6. The van der Waals surface area contributed by atoms with E-state index in [-0.39, 0.29) is 23.3 Å². The molecule has 0 unspecified atom stereocenters. The highest BCUT2D eigenvalue weighted by Crippen LogP contribution is 2.44. The minimum Gasteiger partial charge on any atom is -0.352 e. The maximum absolute atomic E-state index is 13.1. The standard InChI is InChI=1S/C24H30N4O2/c1-3-21(29)25-16-24(18-11-5-4-6-12-18)13-19(14-24)26-23(30)20-15-28(2)27-22(20)17-9-7-8-10-17/h3-6,11-12,15,17,19H,1,7-10,13-14,16H2,2H3,(H,25,29)(H,26,30). The van der Waals surface area contributed by atoms with Crippen molar-refractivity contribution in [2.75, 3.05) is 6.54 Å².